The Balaban J connectivity index is 0. The monoisotopic (exact) mass is 237 g/mol. The molecule has 0 saturated heterocycles. The smallest absolute Gasteiger partial charge is 0.117 e. The van der Waals surface area contributed by atoms with Crippen molar-refractivity contribution in [3.63, 3.8) is 0 Å². The molecule has 0 heterocycles. The van der Waals surface area contributed by atoms with E-state index in [0.717, 1.165) is 12.7 Å². The van der Waals surface area contributed by atoms with Gasteiger partial charge in [0, 0.05) is 32.7 Å². The Morgan fingerprint density at radius 3 is 1.92 bits per heavy atom. The average Bonchev–Trinajstić information content (AvgIpc) is 2.10. The van der Waals surface area contributed by atoms with Crippen molar-refractivity contribution in [1.82, 2.24) is 0 Å². The van der Waals surface area contributed by atoms with Gasteiger partial charge < -0.3 is 11.7 Å². The molecule has 1 aromatic carbocycles. The maximum atomic E-state index is 9.36. The topological polar surface area (TPSA) is 17.1 Å². The molecule has 2 heteroatoms. The Kier molecular flexibility index (Phi) is 16.4. The van der Waals surface area contributed by atoms with Crippen LogP contribution in [0.25, 0.3) is 0 Å². The molecule has 12 heavy (non-hydrogen) atoms. The van der Waals surface area contributed by atoms with Crippen molar-refractivity contribution < 1.29 is 37.5 Å². The first kappa shape index (κ1) is 14.5. The fourth-order valence-electron chi connectivity index (χ4n) is 0.425. The van der Waals surface area contributed by atoms with Crippen molar-refractivity contribution in [2.24, 2.45) is 0 Å². The van der Waals surface area contributed by atoms with Gasteiger partial charge in [-0.05, 0) is 6.42 Å². The van der Waals surface area contributed by atoms with Crippen LogP contribution in [0.4, 0.5) is 0 Å². The van der Waals surface area contributed by atoms with Crippen LogP contribution in [0.2, 0.25) is 0 Å². The number of hydrogen-bond donors (Lipinski definition) is 0. The Bertz CT molecular complexity index is 136. The number of carbonyl (C=O) groups excluding carboxylic acids is 1. The van der Waals surface area contributed by atoms with Gasteiger partial charge in [0.15, 0.2) is 0 Å². The minimum Gasteiger partial charge on any atom is -0.343 e. The third-order valence-electron chi connectivity index (χ3n) is 0.929. The first-order valence-corrected chi connectivity index (χ1v) is 3.55. The largest absolute Gasteiger partial charge is 0.343 e. The number of carbonyl (C=O) groups is 1. The summed E-state index contributed by atoms with van der Waals surface area (Å²) < 4.78 is 0. The normalized spacial score (nSPS) is 7.08. The van der Waals surface area contributed by atoms with Gasteiger partial charge in [0.2, 0.25) is 0 Å². The molecule has 0 spiro atoms. The molecule has 0 aromatic heterocycles. The molecule has 0 unspecified atom stereocenters. The Morgan fingerprint density at radius 1 is 1.25 bits per heavy atom. The van der Waals surface area contributed by atoms with Gasteiger partial charge in [-0.25, -0.2) is 0 Å². The number of rotatable bonds is 2. The minimum atomic E-state index is 0. The standard InChI is InChI=1S/C6H5.C4H7O.Y/c1-2-4-6-5-3-1;1-2-3-4-5;/h1-5H;4H,1-3H2;/q2*-1;. The molecule has 0 N–H and O–H groups in total. The summed E-state index contributed by atoms with van der Waals surface area (Å²) in [4.78, 5) is 9.36. The summed E-state index contributed by atoms with van der Waals surface area (Å²) in [5.74, 6) is 0. The summed E-state index contributed by atoms with van der Waals surface area (Å²) in [6.45, 7) is 3.44. The van der Waals surface area contributed by atoms with Crippen LogP contribution in [0, 0.1) is 13.0 Å². The van der Waals surface area contributed by atoms with Crippen LogP contribution in [0.15, 0.2) is 30.3 Å². The zero-order valence-electron chi connectivity index (χ0n) is 7.07. The van der Waals surface area contributed by atoms with E-state index < -0.39 is 0 Å². The summed E-state index contributed by atoms with van der Waals surface area (Å²) in [5, 5.41) is 0. The van der Waals surface area contributed by atoms with Crippen LogP contribution in [0.5, 0.6) is 0 Å². The fraction of sp³-hybridized carbons (Fsp3) is 0.200. The van der Waals surface area contributed by atoms with Gasteiger partial charge in [-0.1, -0.05) is 0 Å². The second-order valence-electron chi connectivity index (χ2n) is 1.89. The molecular weight excluding hydrogens is 225 g/mol. The predicted molar refractivity (Wildman–Crippen MR) is 45.9 cm³/mol. The van der Waals surface area contributed by atoms with Crippen LogP contribution in [0.1, 0.15) is 12.8 Å². The van der Waals surface area contributed by atoms with E-state index in [4.69, 9.17) is 0 Å². The molecule has 1 radical (unpaired) electrons. The molecule has 0 fully saturated rings. The molecule has 1 rings (SSSR count). The number of aldehydes is 1. The molecule has 0 amide bonds. The van der Waals surface area contributed by atoms with E-state index in [2.05, 4.69) is 13.0 Å². The summed E-state index contributed by atoms with van der Waals surface area (Å²) in [7, 11) is 0. The zero-order chi connectivity index (χ0) is 8.36. The Hall–Kier alpha value is -0.00610. The van der Waals surface area contributed by atoms with Crippen molar-refractivity contribution in [1.29, 1.82) is 0 Å². The van der Waals surface area contributed by atoms with Gasteiger partial charge in [-0.15, -0.1) is 0 Å². The van der Waals surface area contributed by atoms with E-state index in [1.54, 1.807) is 0 Å². The van der Waals surface area contributed by atoms with Gasteiger partial charge in [-0.3, -0.25) is 0 Å². The van der Waals surface area contributed by atoms with E-state index in [0.29, 0.717) is 6.42 Å². The summed E-state index contributed by atoms with van der Waals surface area (Å²) in [5.41, 5.74) is 0. The summed E-state index contributed by atoms with van der Waals surface area (Å²) >= 11 is 0. The van der Waals surface area contributed by atoms with Crippen LogP contribution in [-0.4, -0.2) is 6.29 Å². The predicted octanol–water partition coefficient (Wildman–Crippen LogP) is 2.28. The number of benzene rings is 1. The van der Waals surface area contributed by atoms with Crippen LogP contribution in [-0.2, 0) is 37.5 Å². The molecule has 0 aliphatic rings. The van der Waals surface area contributed by atoms with E-state index in [-0.39, 0.29) is 32.7 Å². The quantitative estimate of drug-likeness (QED) is 0.569. The molecule has 0 atom stereocenters. The average molecular weight is 237 g/mol. The second kappa shape index (κ2) is 13.6. The van der Waals surface area contributed by atoms with E-state index in [1.807, 2.05) is 30.3 Å². The van der Waals surface area contributed by atoms with Crippen LogP contribution >= 0.6 is 0 Å². The maximum absolute atomic E-state index is 9.36. The van der Waals surface area contributed by atoms with Crippen molar-refractivity contribution in [3.05, 3.63) is 43.3 Å². The molecule has 1 nitrogen and oxygen atoms in total. The van der Waals surface area contributed by atoms with Gasteiger partial charge in [0.05, 0.1) is 0 Å². The van der Waals surface area contributed by atoms with Crippen molar-refractivity contribution in [3.8, 4) is 0 Å². The van der Waals surface area contributed by atoms with E-state index >= 15 is 0 Å². The third kappa shape index (κ3) is 12.7. The molecule has 0 bridgehead atoms. The molecule has 0 saturated carbocycles. The summed E-state index contributed by atoms with van der Waals surface area (Å²) in [6.07, 6.45) is 2.19. The van der Waals surface area contributed by atoms with Crippen LogP contribution in [0.3, 0.4) is 0 Å². The fourth-order valence-corrected chi connectivity index (χ4v) is 0.425. The maximum Gasteiger partial charge on any atom is 0.117 e. The van der Waals surface area contributed by atoms with Gasteiger partial charge in [-0.2, -0.15) is 42.8 Å². The molecule has 1 aromatic rings. The Morgan fingerprint density at radius 2 is 1.83 bits per heavy atom. The number of hydrogen-bond acceptors (Lipinski definition) is 1. The van der Waals surface area contributed by atoms with E-state index in [9.17, 15) is 4.79 Å². The SMILES string of the molecule is [CH2-]CCC=O.[Y].[c-]1ccccc1. The Labute approximate surface area is 99.4 Å². The summed E-state index contributed by atoms with van der Waals surface area (Å²) in [6, 6.07) is 12.5. The third-order valence-corrected chi connectivity index (χ3v) is 0.929. The van der Waals surface area contributed by atoms with Gasteiger partial charge in [0.25, 0.3) is 0 Å². The zero-order valence-corrected chi connectivity index (χ0v) is 9.91. The van der Waals surface area contributed by atoms with E-state index in [1.165, 1.54) is 0 Å². The van der Waals surface area contributed by atoms with Crippen molar-refractivity contribution >= 4 is 6.29 Å². The number of unbranched alkanes of at least 4 members (excludes halogenated alkanes) is 1. The van der Waals surface area contributed by atoms with Crippen molar-refractivity contribution in [2.45, 2.75) is 12.8 Å². The van der Waals surface area contributed by atoms with Gasteiger partial charge in [0.1, 0.15) is 6.29 Å². The van der Waals surface area contributed by atoms with Crippen molar-refractivity contribution in [2.75, 3.05) is 0 Å². The molecule has 63 valence electrons. The first-order chi connectivity index (χ1) is 5.41. The molecule has 0 aliphatic carbocycles. The molecule has 0 aliphatic heterocycles. The first-order valence-electron chi connectivity index (χ1n) is 3.55. The molecular formula is C10H12OY-2. The minimum absolute atomic E-state index is 0. The van der Waals surface area contributed by atoms with Gasteiger partial charge >= 0.3 is 0 Å². The van der Waals surface area contributed by atoms with Crippen LogP contribution < -0.4 is 0 Å². The second-order valence-corrected chi connectivity index (χ2v) is 1.89.